The van der Waals surface area contributed by atoms with E-state index in [-0.39, 0.29) is 11.2 Å². The Bertz CT molecular complexity index is 946. The lowest BCUT2D eigenvalue weighted by Gasteiger charge is -2.14. The third-order valence-corrected chi connectivity index (χ3v) is 3.89. The second kappa shape index (κ2) is 6.49. The Morgan fingerprint density at radius 3 is 2.54 bits per heavy atom. The van der Waals surface area contributed by atoms with Crippen LogP contribution in [0.3, 0.4) is 0 Å². The Labute approximate surface area is 137 Å². The first-order valence-corrected chi connectivity index (χ1v) is 7.69. The highest BCUT2D eigenvalue weighted by atomic mass is 19.1. The summed E-state index contributed by atoms with van der Waals surface area (Å²) in [6.45, 7) is 2.24. The quantitative estimate of drug-likeness (QED) is 0.801. The molecule has 124 valence electrons. The van der Waals surface area contributed by atoms with Gasteiger partial charge in [-0.3, -0.25) is 9.36 Å². The van der Waals surface area contributed by atoms with Gasteiger partial charge in [0.1, 0.15) is 17.5 Å². The van der Waals surface area contributed by atoms with Crippen LogP contribution < -0.4 is 11.3 Å². The zero-order chi connectivity index (χ0) is 17.3. The van der Waals surface area contributed by atoms with Crippen molar-refractivity contribution in [3.63, 3.8) is 0 Å². The van der Waals surface area contributed by atoms with E-state index in [0.717, 1.165) is 23.8 Å². The van der Waals surface area contributed by atoms with Crippen molar-refractivity contribution in [2.45, 2.75) is 19.8 Å². The molecule has 0 atom stereocenters. The largest absolute Gasteiger partial charge is 0.330 e. The van der Waals surface area contributed by atoms with E-state index in [1.54, 1.807) is 6.07 Å². The van der Waals surface area contributed by atoms with Gasteiger partial charge in [0.2, 0.25) is 0 Å². The first kappa shape index (κ1) is 16.3. The highest BCUT2D eigenvalue weighted by Gasteiger charge is 2.15. The minimum absolute atomic E-state index is 0.127. The van der Waals surface area contributed by atoms with Crippen LogP contribution in [-0.2, 0) is 6.42 Å². The Balaban J connectivity index is 2.36. The number of nitrogens with two attached hydrogens (primary N) is 1. The molecule has 0 aliphatic heterocycles. The molecule has 0 fully saturated rings. The van der Waals surface area contributed by atoms with E-state index < -0.39 is 11.6 Å². The molecule has 24 heavy (non-hydrogen) atoms. The molecule has 3 aromatic rings. The molecule has 0 saturated heterocycles. The summed E-state index contributed by atoms with van der Waals surface area (Å²) in [5, 5.41) is 0.443. The first-order chi connectivity index (χ1) is 11.5. The van der Waals surface area contributed by atoms with Crippen molar-refractivity contribution in [1.82, 2.24) is 9.55 Å². The summed E-state index contributed by atoms with van der Waals surface area (Å²) in [6, 6.07) is 8.41. The number of fused-ring (bicyclic) bond motifs is 1. The van der Waals surface area contributed by atoms with Crippen molar-refractivity contribution in [3.05, 3.63) is 69.8 Å². The minimum atomic E-state index is -0.744. The molecule has 3 rings (SSSR count). The summed E-state index contributed by atoms with van der Waals surface area (Å²) in [4.78, 5) is 17.5. The lowest BCUT2D eigenvalue weighted by molar-refractivity contribution is 0.580. The van der Waals surface area contributed by atoms with E-state index in [4.69, 9.17) is 5.73 Å². The molecule has 0 unspecified atom stereocenters. The SMILES string of the molecule is Cc1cccc2nc(CCCN)n(-c3cc(F)cc(F)c3)c(=O)c12. The summed E-state index contributed by atoms with van der Waals surface area (Å²) in [7, 11) is 0. The van der Waals surface area contributed by atoms with Gasteiger partial charge < -0.3 is 5.73 Å². The van der Waals surface area contributed by atoms with Gasteiger partial charge in [0.25, 0.3) is 5.56 Å². The molecule has 4 nitrogen and oxygen atoms in total. The Morgan fingerprint density at radius 2 is 1.88 bits per heavy atom. The Kier molecular flexibility index (Phi) is 4.40. The molecular formula is C18H17F2N3O. The van der Waals surface area contributed by atoms with E-state index in [1.807, 2.05) is 19.1 Å². The van der Waals surface area contributed by atoms with Gasteiger partial charge in [-0.05, 0) is 43.7 Å². The zero-order valence-electron chi connectivity index (χ0n) is 13.2. The molecule has 6 heteroatoms. The maximum atomic E-state index is 13.6. The van der Waals surface area contributed by atoms with E-state index in [2.05, 4.69) is 4.98 Å². The molecular weight excluding hydrogens is 312 g/mol. The van der Waals surface area contributed by atoms with Crippen LogP contribution in [0.15, 0.2) is 41.2 Å². The van der Waals surface area contributed by atoms with Crippen molar-refractivity contribution >= 4 is 10.9 Å². The Hall–Kier alpha value is -2.60. The zero-order valence-corrected chi connectivity index (χ0v) is 13.2. The smallest absolute Gasteiger partial charge is 0.266 e. The molecule has 1 aromatic heterocycles. The van der Waals surface area contributed by atoms with Gasteiger partial charge in [0.05, 0.1) is 16.6 Å². The molecule has 0 radical (unpaired) electrons. The normalized spacial score (nSPS) is 11.2. The number of halogens is 2. The van der Waals surface area contributed by atoms with Gasteiger partial charge in [0.15, 0.2) is 0 Å². The van der Waals surface area contributed by atoms with Gasteiger partial charge in [-0.25, -0.2) is 13.8 Å². The average Bonchev–Trinajstić information content (AvgIpc) is 2.51. The van der Waals surface area contributed by atoms with Crippen molar-refractivity contribution in [2.75, 3.05) is 6.54 Å². The summed E-state index contributed by atoms with van der Waals surface area (Å²) >= 11 is 0. The van der Waals surface area contributed by atoms with Crippen molar-refractivity contribution in [1.29, 1.82) is 0 Å². The van der Waals surface area contributed by atoms with E-state index >= 15 is 0 Å². The minimum Gasteiger partial charge on any atom is -0.330 e. The summed E-state index contributed by atoms with van der Waals surface area (Å²) < 4.78 is 28.5. The van der Waals surface area contributed by atoms with Gasteiger partial charge >= 0.3 is 0 Å². The van der Waals surface area contributed by atoms with Gasteiger partial charge in [-0.2, -0.15) is 0 Å². The maximum Gasteiger partial charge on any atom is 0.266 e. The van der Waals surface area contributed by atoms with E-state index in [9.17, 15) is 13.6 Å². The van der Waals surface area contributed by atoms with Crippen LogP contribution in [0.2, 0.25) is 0 Å². The van der Waals surface area contributed by atoms with E-state index in [0.29, 0.717) is 36.1 Å². The molecule has 0 spiro atoms. The number of hydrogen-bond donors (Lipinski definition) is 1. The van der Waals surface area contributed by atoms with Crippen LogP contribution in [0.1, 0.15) is 17.8 Å². The highest BCUT2D eigenvalue weighted by Crippen LogP contribution is 2.18. The molecule has 0 amide bonds. The number of hydrogen-bond acceptors (Lipinski definition) is 3. The lowest BCUT2D eigenvalue weighted by Crippen LogP contribution is -2.25. The second-order valence-corrected chi connectivity index (χ2v) is 5.66. The average molecular weight is 329 g/mol. The topological polar surface area (TPSA) is 60.9 Å². The number of aryl methyl sites for hydroxylation is 2. The van der Waals surface area contributed by atoms with Crippen LogP contribution in [0.25, 0.3) is 16.6 Å². The van der Waals surface area contributed by atoms with Crippen LogP contribution in [-0.4, -0.2) is 16.1 Å². The number of benzene rings is 2. The predicted molar refractivity (Wildman–Crippen MR) is 89.4 cm³/mol. The van der Waals surface area contributed by atoms with Crippen LogP contribution >= 0.6 is 0 Å². The molecule has 0 saturated carbocycles. The fourth-order valence-corrected chi connectivity index (χ4v) is 2.80. The molecule has 0 aliphatic rings. The third kappa shape index (κ3) is 2.92. The maximum absolute atomic E-state index is 13.6. The first-order valence-electron chi connectivity index (χ1n) is 7.69. The van der Waals surface area contributed by atoms with Crippen LogP contribution in [0.4, 0.5) is 8.78 Å². The lowest BCUT2D eigenvalue weighted by atomic mass is 10.1. The summed E-state index contributed by atoms with van der Waals surface area (Å²) in [5.41, 5.74) is 6.68. The van der Waals surface area contributed by atoms with Crippen LogP contribution in [0, 0.1) is 18.6 Å². The monoisotopic (exact) mass is 329 g/mol. The fourth-order valence-electron chi connectivity index (χ4n) is 2.80. The highest BCUT2D eigenvalue weighted by molar-refractivity contribution is 5.81. The van der Waals surface area contributed by atoms with Crippen LogP contribution in [0.5, 0.6) is 0 Å². The second-order valence-electron chi connectivity index (χ2n) is 5.66. The number of nitrogens with zero attached hydrogens (tertiary/aromatic N) is 2. The van der Waals surface area contributed by atoms with Crippen molar-refractivity contribution < 1.29 is 8.78 Å². The predicted octanol–water partition coefficient (Wildman–Crippen LogP) is 2.86. The number of rotatable bonds is 4. The van der Waals surface area contributed by atoms with E-state index in [1.165, 1.54) is 4.57 Å². The van der Waals surface area contributed by atoms with Gasteiger partial charge in [0, 0.05) is 12.5 Å². The van der Waals surface area contributed by atoms with Gasteiger partial charge in [-0.15, -0.1) is 0 Å². The summed E-state index contributed by atoms with van der Waals surface area (Å²) in [6.07, 6.45) is 1.05. The summed E-state index contributed by atoms with van der Waals surface area (Å²) in [5.74, 6) is -1.05. The molecule has 0 bridgehead atoms. The standard InChI is InChI=1S/C18H17F2N3O/c1-11-4-2-5-15-17(11)18(24)23(16(22-15)6-3-7-21)14-9-12(19)8-13(20)10-14/h2,4-5,8-10H,3,6-7,21H2,1H3. The molecule has 0 aliphatic carbocycles. The van der Waals surface area contributed by atoms with Crippen molar-refractivity contribution in [2.24, 2.45) is 5.73 Å². The number of aromatic nitrogens is 2. The molecule has 2 aromatic carbocycles. The van der Waals surface area contributed by atoms with Gasteiger partial charge in [-0.1, -0.05) is 12.1 Å². The fraction of sp³-hybridized carbons (Fsp3) is 0.222. The third-order valence-electron chi connectivity index (χ3n) is 3.89. The Morgan fingerprint density at radius 1 is 1.17 bits per heavy atom. The van der Waals surface area contributed by atoms with Crippen molar-refractivity contribution in [3.8, 4) is 5.69 Å². The molecule has 1 heterocycles. The molecule has 2 N–H and O–H groups in total.